The van der Waals surface area contributed by atoms with Gasteiger partial charge in [0, 0.05) is 6.04 Å². The van der Waals surface area contributed by atoms with Gasteiger partial charge in [0.25, 0.3) is 0 Å². The smallest absolute Gasteiger partial charge is 0.00952 e. The molecule has 2 N–H and O–H groups in total. The zero-order valence-electron chi connectivity index (χ0n) is 14.9. The van der Waals surface area contributed by atoms with Gasteiger partial charge in [-0.15, -0.1) is 0 Å². The summed E-state index contributed by atoms with van der Waals surface area (Å²) in [6.07, 6.45) is 13.8. The molecule has 0 heterocycles. The number of rotatable bonds is 12. The minimum atomic E-state index is 0.832. The van der Waals surface area contributed by atoms with Crippen LogP contribution in [0.2, 0.25) is 0 Å². The molecule has 1 fully saturated rings. The van der Waals surface area contributed by atoms with E-state index in [-0.39, 0.29) is 0 Å². The van der Waals surface area contributed by atoms with E-state index in [1.807, 2.05) is 0 Å². The molecule has 0 amide bonds. The molecule has 0 aromatic heterocycles. The normalized spacial score (nSPS) is 18.0. The van der Waals surface area contributed by atoms with Crippen molar-refractivity contribution in [2.75, 3.05) is 19.6 Å². The zero-order valence-corrected chi connectivity index (χ0v) is 14.9. The van der Waals surface area contributed by atoms with Crippen molar-refractivity contribution >= 4 is 0 Å². The predicted molar refractivity (Wildman–Crippen MR) is 94.6 cm³/mol. The number of hydrogen-bond donors (Lipinski definition) is 1. The second-order valence-electron chi connectivity index (χ2n) is 7.53. The van der Waals surface area contributed by atoms with Crippen molar-refractivity contribution in [1.29, 1.82) is 0 Å². The maximum absolute atomic E-state index is 5.76. The lowest BCUT2D eigenvalue weighted by Gasteiger charge is -2.30. The molecule has 2 heteroatoms. The fourth-order valence-corrected chi connectivity index (χ4v) is 3.83. The molecule has 21 heavy (non-hydrogen) atoms. The van der Waals surface area contributed by atoms with Crippen molar-refractivity contribution < 1.29 is 0 Å². The maximum atomic E-state index is 5.76. The highest BCUT2D eigenvalue weighted by atomic mass is 15.2. The highest BCUT2D eigenvalue weighted by molar-refractivity contribution is 4.78. The minimum Gasteiger partial charge on any atom is -0.330 e. The molecule has 0 aromatic rings. The van der Waals surface area contributed by atoms with Gasteiger partial charge in [0.2, 0.25) is 0 Å². The van der Waals surface area contributed by atoms with Crippen molar-refractivity contribution in [3.63, 3.8) is 0 Å². The summed E-state index contributed by atoms with van der Waals surface area (Å²) in [6, 6.07) is 0.892. The third-order valence-corrected chi connectivity index (χ3v) is 5.16. The van der Waals surface area contributed by atoms with Gasteiger partial charge in [-0.2, -0.15) is 0 Å². The van der Waals surface area contributed by atoms with Gasteiger partial charge in [-0.3, -0.25) is 0 Å². The molecule has 0 spiro atoms. The molecule has 0 aliphatic heterocycles. The second-order valence-corrected chi connectivity index (χ2v) is 7.53. The summed E-state index contributed by atoms with van der Waals surface area (Å²) < 4.78 is 0. The Morgan fingerprint density at radius 1 is 1.00 bits per heavy atom. The van der Waals surface area contributed by atoms with E-state index in [9.17, 15) is 0 Å². The lowest BCUT2D eigenvalue weighted by Crippen LogP contribution is -2.35. The molecule has 1 unspecified atom stereocenters. The highest BCUT2D eigenvalue weighted by Crippen LogP contribution is 2.25. The Labute approximate surface area is 133 Å². The summed E-state index contributed by atoms with van der Waals surface area (Å²) in [5.74, 6) is 1.70. The highest BCUT2D eigenvalue weighted by Gasteiger charge is 2.22. The topological polar surface area (TPSA) is 29.3 Å². The predicted octanol–water partition coefficient (Wildman–Crippen LogP) is 4.82. The van der Waals surface area contributed by atoms with Crippen LogP contribution < -0.4 is 5.73 Å². The van der Waals surface area contributed by atoms with Gasteiger partial charge in [-0.1, -0.05) is 46.5 Å². The van der Waals surface area contributed by atoms with Crippen molar-refractivity contribution in [3.8, 4) is 0 Å². The molecule has 2 nitrogen and oxygen atoms in total. The van der Waals surface area contributed by atoms with Gasteiger partial charge >= 0.3 is 0 Å². The molecule has 1 rings (SSSR count). The Balaban J connectivity index is 2.33. The van der Waals surface area contributed by atoms with Gasteiger partial charge in [0.15, 0.2) is 0 Å². The van der Waals surface area contributed by atoms with Crippen LogP contribution in [0.4, 0.5) is 0 Å². The van der Waals surface area contributed by atoms with E-state index in [1.165, 1.54) is 77.3 Å². The average molecular weight is 297 g/mol. The van der Waals surface area contributed by atoms with E-state index in [0.29, 0.717) is 0 Å². The van der Waals surface area contributed by atoms with Crippen LogP contribution in [0.15, 0.2) is 0 Å². The third-order valence-electron chi connectivity index (χ3n) is 5.16. The number of nitrogens with zero attached hydrogens (tertiary/aromatic N) is 1. The van der Waals surface area contributed by atoms with Crippen LogP contribution in [0.5, 0.6) is 0 Å². The summed E-state index contributed by atoms with van der Waals surface area (Å²) in [6.45, 7) is 10.5. The van der Waals surface area contributed by atoms with Crippen LogP contribution in [-0.2, 0) is 0 Å². The number of nitrogens with two attached hydrogens (primary N) is 1. The summed E-state index contributed by atoms with van der Waals surface area (Å²) >= 11 is 0. The lowest BCUT2D eigenvalue weighted by atomic mass is 9.94. The van der Waals surface area contributed by atoms with Crippen molar-refractivity contribution in [1.82, 2.24) is 4.90 Å². The Kier molecular flexibility index (Phi) is 10.4. The fourth-order valence-electron chi connectivity index (χ4n) is 3.83. The molecule has 0 aromatic carbocycles. The van der Waals surface area contributed by atoms with E-state index in [2.05, 4.69) is 25.7 Å². The van der Waals surface area contributed by atoms with E-state index < -0.39 is 0 Å². The Morgan fingerprint density at radius 3 is 2.29 bits per heavy atom. The van der Waals surface area contributed by atoms with Crippen LogP contribution >= 0.6 is 0 Å². The van der Waals surface area contributed by atoms with E-state index >= 15 is 0 Å². The second kappa shape index (κ2) is 11.5. The molecule has 1 aliphatic rings. The third kappa shape index (κ3) is 8.21. The SMILES string of the molecule is CCCC(CCN)CCCN(CCC(C)C)C1CCCC1. The summed E-state index contributed by atoms with van der Waals surface area (Å²) in [4.78, 5) is 2.82. The molecule has 0 saturated heterocycles. The first-order chi connectivity index (χ1) is 10.2. The van der Waals surface area contributed by atoms with Crippen LogP contribution in [0.3, 0.4) is 0 Å². The summed E-state index contributed by atoms with van der Waals surface area (Å²) in [5.41, 5.74) is 5.76. The van der Waals surface area contributed by atoms with Gasteiger partial charge in [-0.25, -0.2) is 0 Å². The van der Waals surface area contributed by atoms with Crippen molar-refractivity contribution in [2.45, 2.75) is 91.0 Å². The molecule has 1 saturated carbocycles. The maximum Gasteiger partial charge on any atom is 0.00952 e. The van der Waals surface area contributed by atoms with E-state index in [0.717, 1.165) is 24.4 Å². The first-order valence-corrected chi connectivity index (χ1v) is 9.61. The van der Waals surface area contributed by atoms with Gasteiger partial charge in [0.1, 0.15) is 0 Å². The molecule has 1 atom stereocenters. The molecular formula is C19H40N2. The quantitative estimate of drug-likeness (QED) is 0.559. The molecule has 0 bridgehead atoms. The summed E-state index contributed by atoms with van der Waals surface area (Å²) in [5, 5.41) is 0. The lowest BCUT2D eigenvalue weighted by molar-refractivity contribution is 0.180. The van der Waals surface area contributed by atoms with Crippen molar-refractivity contribution in [2.24, 2.45) is 17.6 Å². The van der Waals surface area contributed by atoms with Gasteiger partial charge in [-0.05, 0) is 70.0 Å². The number of hydrogen-bond acceptors (Lipinski definition) is 2. The monoisotopic (exact) mass is 296 g/mol. The fraction of sp³-hybridized carbons (Fsp3) is 1.00. The zero-order chi connectivity index (χ0) is 15.5. The molecule has 0 radical (unpaired) electrons. The van der Waals surface area contributed by atoms with Crippen LogP contribution in [0.1, 0.15) is 85.0 Å². The molecule has 1 aliphatic carbocycles. The molecule has 126 valence electrons. The Bertz CT molecular complexity index is 228. The largest absolute Gasteiger partial charge is 0.330 e. The summed E-state index contributed by atoms with van der Waals surface area (Å²) in [7, 11) is 0. The van der Waals surface area contributed by atoms with E-state index in [1.54, 1.807) is 0 Å². The first-order valence-electron chi connectivity index (χ1n) is 9.61. The Hall–Kier alpha value is -0.0800. The standard InChI is InChI=1S/C19H40N2/c1-4-8-18(12-14-20)9-7-15-21(16-13-17(2)3)19-10-5-6-11-19/h17-19H,4-16,20H2,1-3H3. The van der Waals surface area contributed by atoms with Crippen LogP contribution in [0.25, 0.3) is 0 Å². The van der Waals surface area contributed by atoms with Crippen LogP contribution in [-0.4, -0.2) is 30.6 Å². The van der Waals surface area contributed by atoms with Gasteiger partial charge in [0.05, 0.1) is 0 Å². The first kappa shape index (κ1) is 19.0. The van der Waals surface area contributed by atoms with Crippen molar-refractivity contribution in [3.05, 3.63) is 0 Å². The Morgan fingerprint density at radius 2 is 1.71 bits per heavy atom. The van der Waals surface area contributed by atoms with E-state index in [4.69, 9.17) is 5.73 Å². The van der Waals surface area contributed by atoms with Crippen LogP contribution in [0, 0.1) is 11.8 Å². The average Bonchev–Trinajstić information content (AvgIpc) is 2.96. The molecular weight excluding hydrogens is 256 g/mol. The van der Waals surface area contributed by atoms with Gasteiger partial charge < -0.3 is 10.6 Å². The minimum absolute atomic E-state index is 0.832.